The second-order valence-corrected chi connectivity index (χ2v) is 6.60. The summed E-state index contributed by atoms with van der Waals surface area (Å²) in [5.74, 6) is -1.11. The average molecular weight is 310 g/mol. The van der Waals surface area contributed by atoms with Gasteiger partial charge in [-0.15, -0.1) is 16.4 Å². The quantitative estimate of drug-likeness (QED) is 0.907. The molecule has 2 aromatic rings. The van der Waals surface area contributed by atoms with Crippen LogP contribution in [0.5, 0.6) is 0 Å². The number of hydrogen-bond donors (Lipinski definition) is 1. The fourth-order valence-corrected chi connectivity index (χ4v) is 2.76. The predicted octanol–water partition coefficient (Wildman–Crippen LogP) is 1.92. The van der Waals surface area contributed by atoms with Gasteiger partial charge in [0.2, 0.25) is 0 Å². The van der Waals surface area contributed by atoms with Crippen molar-refractivity contribution in [3.05, 3.63) is 27.5 Å². The van der Waals surface area contributed by atoms with E-state index < -0.39 is 5.97 Å². The highest BCUT2D eigenvalue weighted by Gasteiger charge is 2.21. The molecule has 21 heavy (non-hydrogen) atoms. The Kier molecular flexibility index (Phi) is 4.38. The molecule has 0 bridgehead atoms. The van der Waals surface area contributed by atoms with Crippen molar-refractivity contribution < 1.29 is 14.6 Å². The van der Waals surface area contributed by atoms with E-state index >= 15 is 0 Å². The van der Waals surface area contributed by atoms with Crippen molar-refractivity contribution >= 4 is 17.3 Å². The number of nitrogens with zero attached hydrogens (tertiary/aromatic N) is 4. The maximum Gasteiger partial charge on any atom is 0.358 e. The molecule has 114 valence electrons. The van der Waals surface area contributed by atoms with Crippen LogP contribution in [0.2, 0.25) is 0 Å². The minimum Gasteiger partial charge on any atom is -0.476 e. The molecule has 0 aromatic carbocycles. The molecule has 0 fully saturated rings. The minimum absolute atomic E-state index is 0.0152. The SMILES string of the molecule is COCc1c(C(=O)O)nnn1Cc1nc(C(C)(C)C)cs1. The molecule has 2 aromatic heterocycles. The first-order valence-electron chi connectivity index (χ1n) is 6.42. The van der Waals surface area contributed by atoms with E-state index in [1.165, 1.54) is 23.1 Å². The first kappa shape index (κ1) is 15.6. The van der Waals surface area contributed by atoms with E-state index in [0.29, 0.717) is 12.2 Å². The first-order valence-corrected chi connectivity index (χ1v) is 7.30. The lowest BCUT2D eigenvalue weighted by atomic mass is 9.93. The van der Waals surface area contributed by atoms with Gasteiger partial charge in [0.05, 0.1) is 24.5 Å². The summed E-state index contributed by atoms with van der Waals surface area (Å²) in [7, 11) is 1.50. The third kappa shape index (κ3) is 3.45. The van der Waals surface area contributed by atoms with Crippen molar-refractivity contribution in [2.75, 3.05) is 7.11 Å². The number of carboxylic acid groups (broad SMARTS) is 1. The highest BCUT2D eigenvalue weighted by atomic mass is 32.1. The summed E-state index contributed by atoms with van der Waals surface area (Å²) < 4.78 is 6.56. The summed E-state index contributed by atoms with van der Waals surface area (Å²) in [5, 5.41) is 19.6. The second-order valence-electron chi connectivity index (χ2n) is 5.66. The van der Waals surface area contributed by atoms with Crippen LogP contribution in [0.1, 0.15) is 47.7 Å². The molecule has 8 heteroatoms. The van der Waals surface area contributed by atoms with E-state index in [9.17, 15) is 4.79 Å². The third-order valence-electron chi connectivity index (χ3n) is 2.93. The van der Waals surface area contributed by atoms with E-state index in [-0.39, 0.29) is 17.7 Å². The lowest BCUT2D eigenvalue weighted by Gasteiger charge is -2.14. The topological polar surface area (TPSA) is 90.1 Å². The first-order chi connectivity index (χ1) is 9.82. The van der Waals surface area contributed by atoms with Crippen LogP contribution in [0.15, 0.2) is 5.38 Å². The Morgan fingerprint density at radius 3 is 2.71 bits per heavy atom. The highest BCUT2D eigenvalue weighted by Crippen LogP contribution is 2.24. The monoisotopic (exact) mass is 310 g/mol. The van der Waals surface area contributed by atoms with Gasteiger partial charge in [-0.2, -0.15) is 0 Å². The van der Waals surface area contributed by atoms with Gasteiger partial charge in [-0.3, -0.25) is 0 Å². The van der Waals surface area contributed by atoms with Crippen molar-refractivity contribution in [2.45, 2.75) is 39.3 Å². The second kappa shape index (κ2) is 5.90. The molecule has 0 aliphatic heterocycles. The molecule has 7 nitrogen and oxygen atoms in total. The summed E-state index contributed by atoms with van der Waals surface area (Å²) in [6.45, 7) is 6.83. The van der Waals surface area contributed by atoms with Crippen molar-refractivity contribution in [3.63, 3.8) is 0 Å². The molecular formula is C13H18N4O3S. The molecule has 0 aliphatic rings. The molecule has 0 saturated carbocycles. The third-order valence-corrected chi connectivity index (χ3v) is 3.76. The maximum atomic E-state index is 11.1. The Labute approximate surface area is 126 Å². The van der Waals surface area contributed by atoms with Crippen LogP contribution in [-0.2, 0) is 23.3 Å². The molecule has 0 saturated heterocycles. The number of carbonyl (C=O) groups is 1. The van der Waals surface area contributed by atoms with Gasteiger partial charge in [-0.25, -0.2) is 14.5 Å². The van der Waals surface area contributed by atoms with Crippen LogP contribution in [-0.4, -0.2) is 38.2 Å². The summed E-state index contributed by atoms with van der Waals surface area (Å²) in [4.78, 5) is 15.7. The van der Waals surface area contributed by atoms with E-state index in [2.05, 4.69) is 36.1 Å². The zero-order valence-electron chi connectivity index (χ0n) is 12.5. The lowest BCUT2D eigenvalue weighted by Crippen LogP contribution is -2.13. The van der Waals surface area contributed by atoms with Gasteiger partial charge in [0.15, 0.2) is 5.69 Å². The molecule has 2 rings (SSSR count). The highest BCUT2D eigenvalue weighted by molar-refractivity contribution is 7.09. The van der Waals surface area contributed by atoms with Crippen LogP contribution in [0.4, 0.5) is 0 Å². The Morgan fingerprint density at radius 2 is 2.19 bits per heavy atom. The fraction of sp³-hybridized carbons (Fsp3) is 0.538. The van der Waals surface area contributed by atoms with Gasteiger partial charge in [0.1, 0.15) is 5.01 Å². The number of ether oxygens (including phenoxy) is 1. The zero-order valence-corrected chi connectivity index (χ0v) is 13.3. The molecule has 2 heterocycles. The smallest absolute Gasteiger partial charge is 0.358 e. The summed E-state index contributed by atoms with van der Waals surface area (Å²) in [5.41, 5.74) is 1.36. The van der Waals surface area contributed by atoms with Gasteiger partial charge in [0.25, 0.3) is 0 Å². The van der Waals surface area contributed by atoms with Gasteiger partial charge in [-0.05, 0) is 0 Å². The number of aromatic carboxylic acids is 1. The van der Waals surface area contributed by atoms with Gasteiger partial charge in [-0.1, -0.05) is 26.0 Å². The van der Waals surface area contributed by atoms with Crippen molar-refractivity contribution in [1.82, 2.24) is 20.0 Å². The average Bonchev–Trinajstić information content (AvgIpc) is 2.98. The Balaban J connectivity index is 2.27. The summed E-state index contributed by atoms with van der Waals surface area (Å²) >= 11 is 1.53. The van der Waals surface area contributed by atoms with E-state index in [1.54, 1.807) is 0 Å². The zero-order chi connectivity index (χ0) is 15.6. The Bertz CT molecular complexity index is 642. The molecule has 0 atom stereocenters. The van der Waals surface area contributed by atoms with Gasteiger partial charge >= 0.3 is 5.97 Å². The molecule has 0 amide bonds. The number of methoxy groups -OCH3 is 1. The molecular weight excluding hydrogens is 292 g/mol. The standard InChI is InChI=1S/C13H18N4O3S/c1-13(2,3)9-7-21-10(14-9)5-17-8(6-20-4)11(12(18)19)15-16-17/h7H,5-6H2,1-4H3,(H,18,19). The predicted molar refractivity (Wildman–Crippen MR) is 77.6 cm³/mol. The minimum atomic E-state index is -1.11. The lowest BCUT2D eigenvalue weighted by molar-refractivity contribution is 0.0684. The molecule has 0 unspecified atom stereocenters. The number of aromatic nitrogens is 4. The van der Waals surface area contributed by atoms with Gasteiger partial charge < -0.3 is 9.84 Å². The molecule has 0 radical (unpaired) electrons. The van der Waals surface area contributed by atoms with Crippen LogP contribution >= 0.6 is 11.3 Å². The summed E-state index contributed by atoms with van der Waals surface area (Å²) in [6, 6.07) is 0. The number of carboxylic acids is 1. The Morgan fingerprint density at radius 1 is 1.48 bits per heavy atom. The number of hydrogen-bond acceptors (Lipinski definition) is 6. The van der Waals surface area contributed by atoms with Crippen molar-refractivity contribution in [2.24, 2.45) is 0 Å². The van der Waals surface area contributed by atoms with Crippen LogP contribution in [0.3, 0.4) is 0 Å². The molecule has 0 aliphatic carbocycles. The van der Waals surface area contributed by atoms with Crippen LogP contribution in [0, 0.1) is 0 Å². The van der Waals surface area contributed by atoms with Crippen molar-refractivity contribution in [3.8, 4) is 0 Å². The number of rotatable bonds is 5. The van der Waals surface area contributed by atoms with E-state index in [0.717, 1.165) is 10.7 Å². The van der Waals surface area contributed by atoms with Gasteiger partial charge in [0, 0.05) is 17.9 Å². The largest absolute Gasteiger partial charge is 0.476 e. The number of thiazole rings is 1. The molecule has 0 spiro atoms. The van der Waals surface area contributed by atoms with Crippen molar-refractivity contribution in [1.29, 1.82) is 0 Å². The Hall–Kier alpha value is -1.80. The van der Waals surface area contributed by atoms with Crippen LogP contribution < -0.4 is 0 Å². The maximum absolute atomic E-state index is 11.1. The fourth-order valence-electron chi connectivity index (χ4n) is 1.76. The normalized spacial score (nSPS) is 11.8. The van der Waals surface area contributed by atoms with E-state index in [1.807, 2.05) is 5.38 Å². The summed E-state index contributed by atoms with van der Waals surface area (Å²) in [6.07, 6.45) is 0. The van der Waals surface area contributed by atoms with E-state index in [4.69, 9.17) is 9.84 Å². The molecule has 1 N–H and O–H groups in total. The van der Waals surface area contributed by atoms with Crippen LogP contribution in [0.25, 0.3) is 0 Å².